The highest BCUT2D eigenvalue weighted by Gasteiger charge is 2.18. The van der Waals surface area contributed by atoms with E-state index in [1.165, 1.54) is 24.3 Å². The third kappa shape index (κ3) is 6.03. The lowest BCUT2D eigenvalue weighted by Gasteiger charge is -2.22. The molecular formula is C17H18ClFN2O3S. The summed E-state index contributed by atoms with van der Waals surface area (Å²) in [5.74, 6) is -0.747. The molecule has 0 bridgehead atoms. The number of amides is 1. The zero-order valence-corrected chi connectivity index (χ0v) is 15.1. The van der Waals surface area contributed by atoms with Crippen LogP contribution in [0.4, 0.5) is 10.1 Å². The van der Waals surface area contributed by atoms with E-state index in [4.69, 9.17) is 11.6 Å². The Kier molecular flexibility index (Phi) is 6.39. The van der Waals surface area contributed by atoms with Gasteiger partial charge in [-0.05, 0) is 42.0 Å². The van der Waals surface area contributed by atoms with Gasteiger partial charge in [0.1, 0.15) is 5.82 Å². The van der Waals surface area contributed by atoms with Gasteiger partial charge in [0.05, 0.1) is 11.9 Å². The van der Waals surface area contributed by atoms with Gasteiger partial charge in [-0.25, -0.2) is 12.8 Å². The van der Waals surface area contributed by atoms with Crippen LogP contribution in [0.5, 0.6) is 0 Å². The first-order chi connectivity index (χ1) is 11.8. The van der Waals surface area contributed by atoms with Crippen LogP contribution in [0.15, 0.2) is 48.5 Å². The van der Waals surface area contributed by atoms with Crippen molar-refractivity contribution in [3.8, 4) is 0 Å². The Morgan fingerprint density at radius 2 is 1.72 bits per heavy atom. The smallest absolute Gasteiger partial charge is 0.232 e. The number of anilines is 1. The Labute approximate surface area is 151 Å². The number of sulfonamides is 1. The van der Waals surface area contributed by atoms with E-state index in [9.17, 15) is 17.6 Å². The number of nitrogens with zero attached hydrogens (tertiary/aromatic N) is 1. The van der Waals surface area contributed by atoms with E-state index in [1.807, 2.05) is 0 Å². The summed E-state index contributed by atoms with van der Waals surface area (Å²) in [4.78, 5) is 12.0. The third-order valence-electron chi connectivity index (χ3n) is 3.46. The Morgan fingerprint density at radius 1 is 1.12 bits per heavy atom. The van der Waals surface area contributed by atoms with Gasteiger partial charge in [-0.1, -0.05) is 23.7 Å². The fourth-order valence-corrected chi connectivity index (χ4v) is 3.24. The second kappa shape index (κ2) is 8.31. The van der Waals surface area contributed by atoms with E-state index >= 15 is 0 Å². The van der Waals surface area contributed by atoms with Crippen molar-refractivity contribution in [3.05, 3.63) is 64.9 Å². The zero-order valence-electron chi connectivity index (χ0n) is 13.6. The van der Waals surface area contributed by atoms with Crippen LogP contribution >= 0.6 is 11.6 Å². The van der Waals surface area contributed by atoms with E-state index in [0.29, 0.717) is 17.3 Å². The van der Waals surface area contributed by atoms with Crippen molar-refractivity contribution in [2.24, 2.45) is 0 Å². The zero-order chi connectivity index (χ0) is 18.4. The lowest BCUT2D eigenvalue weighted by atomic mass is 10.2. The highest BCUT2D eigenvalue weighted by atomic mass is 35.5. The number of nitrogens with one attached hydrogen (secondary N) is 1. The second-order valence-electron chi connectivity index (χ2n) is 5.46. The maximum absolute atomic E-state index is 13.0. The maximum atomic E-state index is 13.0. The van der Waals surface area contributed by atoms with E-state index in [0.717, 1.165) is 16.1 Å². The molecule has 0 aliphatic rings. The van der Waals surface area contributed by atoms with Crippen LogP contribution in [0.3, 0.4) is 0 Å². The average molecular weight is 385 g/mol. The molecule has 0 spiro atoms. The van der Waals surface area contributed by atoms with Gasteiger partial charge < -0.3 is 5.32 Å². The second-order valence-corrected chi connectivity index (χ2v) is 7.81. The Morgan fingerprint density at radius 3 is 2.28 bits per heavy atom. The number of hydrogen-bond donors (Lipinski definition) is 1. The summed E-state index contributed by atoms with van der Waals surface area (Å²) in [6.07, 6.45) is 1.03. The SMILES string of the molecule is CS(=O)(=O)N(CCC(=O)NCc1ccc(Cl)cc1)c1ccc(F)cc1. The van der Waals surface area contributed by atoms with Gasteiger partial charge in [0.15, 0.2) is 0 Å². The number of carbonyl (C=O) groups excluding carboxylic acids is 1. The van der Waals surface area contributed by atoms with Crippen molar-refractivity contribution in [3.63, 3.8) is 0 Å². The highest BCUT2D eigenvalue weighted by Crippen LogP contribution is 2.18. The minimum atomic E-state index is -3.58. The molecule has 8 heteroatoms. The number of rotatable bonds is 7. The first kappa shape index (κ1) is 19.2. The van der Waals surface area contributed by atoms with Crippen LogP contribution in [0.25, 0.3) is 0 Å². The van der Waals surface area contributed by atoms with Crippen LogP contribution in [0.2, 0.25) is 5.02 Å². The lowest BCUT2D eigenvalue weighted by molar-refractivity contribution is -0.121. The van der Waals surface area contributed by atoms with Gasteiger partial charge >= 0.3 is 0 Å². The molecule has 0 radical (unpaired) electrons. The molecular weight excluding hydrogens is 367 g/mol. The molecule has 0 unspecified atom stereocenters. The Balaban J connectivity index is 1.94. The van der Waals surface area contributed by atoms with E-state index < -0.39 is 15.8 Å². The highest BCUT2D eigenvalue weighted by molar-refractivity contribution is 7.92. The van der Waals surface area contributed by atoms with Crippen molar-refractivity contribution < 1.29 is 17.6 Å². The van der Waals surface area contributed by atoms with E-state index in [1.54, 1.807) is 24.3 Å². The minimum absolute atomic E-state index is 0.0158. The molecule has 0 saturated carbocycles. The first-order valence-electron chi connectivity index (χ1n) is 7.50. The van der Waals surface area contributed by atoms with Gasteiger partial charge in [-0.15, -0.1) is 0 Å². The summed E-state index contributed by atoms with van der Waals surface area (Å²) in [5.41, 5.74) is 1.20. The van der Waals surface area contributed by atoms with Crippen LogP contribution in [0.1, 0.15) is 12.0 Å². The summed E-state index contributed by atoms with van der Waals surface area (Å²) in [6, 6.07) is 12.1. The molecule has 0 saturated heterocycles. The third-order valence-corrected chi connectivity index (χ3v) is 4.91. The van der Waals surface area contributed by atoms with E-state index in [-0.39, 0.29) is 18.9 Å². The van der Waals surface area contributed by atoms with Crippen molar-refractivity contribution in [2.75, 3.05) is 17.1 Å². The normalized spacial score (nSPS) is 11.2. The number of hydrogen-bond acceptors (Lipinski definition) is 3. The fourth-order valence-electron chi connectivity index (χ4n) is 2.19. The van der Waals surface area contributed by atoms with Crippen molar-refractivity contribution >= 4 is 33.2 Å². The summed E-state index contributed by atoms with van der Waals surface area (Å²) >= 11 is 5.80. The summed E-state index contributed by atoms with van der Waals surface area (Å²) in [7, 11) is -3.58. The predicted molar refractivity (Wildman–Crippen MR) is 96.5 cm³/mol. The molecule has 0 heterocycles. The van der Waals surface area contributed by atoms with Crippen LogP contribution in [-0.4, -0.2) is 27.1 Å². The molecule has 2 rings (SSSR count). The molecule has 5 nitrogen and oxygen atoms in total. The molecule has 1 N–H and O–H groups in total. The molecule has 0 atom stereocenters. The van der Waals surface area contributed by atoms with Crippen molar-refractivity contribution in [1.29, 1.82) is 0 Å². The number of carbonyl (C=O) groups is 1. The average Bonchev–Trinajstić information content (AvgIpc) is 2.55. The molecule has 1 amide bonds. The lowest BCUT2D eigenvalue weighted by Crippen LogP contribution is -2.34. The molecule has 2 aromatic rings. The maximum Gasteiger partial charge on any atom is 0.232 e. The van der Waals surface area contributed by atoms with Crippen molar-refractivity contribution in [1.82, 2.24) is 5.32 Å². The Bertz CT molecular complexity index is 824. The monoisotopic (exact) mass is 384 g/mol. The molecule has 134 valence electrons. The fraction of sp³-hybridized carbons (Fsp3) is 0.235. The molecule has 0 aliphatic carbocycles. The minimum Gasteiger partial charge on any atom is -0.352 e. The van der Waals surface area contributed by atoms with Gasteiger partial charge in [-0.3, -0.25) is 9.10 Å². The summed E-state index contributed by atoms with van der Waals surface area (Å²) in [5, 5.41) is 3.33. The molecule has 0 fully saturated rings. The largest absolute Gasteiger partial charge is 0.352 e. The standard InChI is InChI=1S/C17H18ClFN2O3S/c1-25(23,24)21(16-8-6-15(19)7-9-16)11-10-17(22)20-12-13-2-4-14(18)5-3-13/h2-9H,10-12H2,1H3,(H,20,22). The predicted octanol–water partition coefficient (Wildman–Crippen LogP) is 2.95. The first-order valence-corrected chi connectivity index (χ1v) is 9.73. The van der Waals surface area contributed by atoms with E-state index in [2.05, 4.69) is 5.32 Å². The van der Waals surface area contributed by atoms with Gasteiger partial charge in [-0.2, -0.15) is 0 Å². The topological polar surface area (TPSA) is 66.5 Å². The summed E-state index contributed by atoms with van der Waals surface area (Å²) in [6.45, 7) is 0.294. The molecule has 0 aromatic heterocycles. The van der Waals surface area contributed by atoms with Crippen LogP contribution < -0.4 is 9.62 Å². The molecule has 0 aliphatic heterocycles. The van der Waals surface area contributed by atoms with Crippen molar-refractivity contribution in [2.45, 2.75) is 13.0 Å². The Hall–Kier alpha value is -2.12. The van der Waals surface area contributed by atoms with Gasteiger partial charge in [0.25, 0.3) is 0 Å². The molecule has 25 heavy (non-hydrogen) atoms. The van der Waals surface area contributed by atoms with Crippen LogP contribution in [-0.2, 0) is 21.4 Å². The summed E-state index contributed by atoms with van der Waals surface area (Å²) < 4.78 is 37.9. The number of benzene rings is 2. The molecule has 2 aromatic carbocycles. The number of halogens is 2. The quantitative estimate of drug-likeness (QED) is 0.798. The van der Waals surface area contributed by atoms with Gasteiger partial charge in [0, 0.05) is 24.5 Å². The van der Waals surface area contributed by atoms with Crippen LogP contribution in [0, 0.1) is 5.82 Å². The van der Waals surface area contributed by atoms with Gasteiger partial charge in [0.2, 0.25) is 15.9 Å².